The van der Waals surface area contributed by atoms with E-state index in [1.54, 1.807) is 129 Å². The zero-order valence-electron chi connectivity index (χ0n) is 82.7. The van der Waals surface area contributed by atoms with Crippen LogP contribution in [-0.2, 0) is 119 Å². The van der Waals surface area contributed by atoms with Crippen LogP contribution in [0.4, 0.5) is 52.7 Å². The quantitative estimate of drug-likeness (QED) is 0.0553. The molecule has 11 aromatic carbocycles. The molecule has 7 aromatic heterocycles. The Hall–Kier alpha value is -15.0. The van der Waals surface area contributed by atoms with Crippen LogP contribution in [0.1, 0.15) is 123 Å². The van der Waals surface area contributed by atoms with Crippen molar-refractivity contribution in [2.24, 2.45) is 42.3 Å². The van der Waals surface area contributed by atoms with Crippen LogP contribution in [0.25, 0.3) is 67.5 Å². The Morgan fingerprint density at radius 3 is 0.852 bits per heavy atom. The van der Waals surface area contributed by atoms with Gasteiger partial charge in [0.25, 0.3) is 0 Å². The minimum absolute atomic E-state index is 0.0109. The van der Waals surface area contributed by atoms with E-state index in [-0.39, 0.29) is 76.9 Å². The number of hydrogen-bond donors (Lipinski definition) is 0. The van der Waals surface area contributed by atoms with Gasteiger partial charge in [0.05, 0.1) is 68.3 Å². The predicted octanol–water partition coefficient (Wildman–Crippen LogP) is 27.4. The summed E-state index contributed by atoms with van der Waals surface area (Å²) in [5, 5.41) is 25.6. The Kier molecular flexibility index (Phi) is 35.1. The zero-order chi connectivity index (χ0) is 102. The third-order valence-corrected chi connectivity index (χ3v) is 24.7. The van der Waals surface area contributed by atoms with E-state index in [1.165, 1.54) is 83.4 Å². The molecular formula is C117H115F12N13. The van der Waals surface area contributed by atoms with Crippen molar-refractivity contribution in [2.75, 3.05) is 0 Å². The fraction of sp³-hybridized carbons (Fsp3) is 0.239. The molecule has 18 rings (SSSR count). The van der Waals surface area contributed by atoms with Crippen molar-refractivity contribution in [3.8, 4) is 67.5 Å². The van der Waals surface area contributed by atoms with Gasteiger partial charge < -0.3 is 0 Å². The zero-order valence-corrected chi connectivity index (χ0v) is 82.7. The third kappa shape index (κ3) is 27.6. The number of rotatable bonds is 24. The minimum Gasteiger partial charge on any atom is -0.268 e. The maximum absolute atomic E-state index is 14.5. The van der Waals surface area contributed by atoms with Crippen molar-refractivity contribution in [1.29, 1.82) is 0 Å². The maximum atomic E-state index is 14.5. The monoisotopic (exact) mass is 1930 g/mol. The molecule has 0 unspecified atom stereocenters. The average molecular weight is 1930 g/mol. The van der Waals surface area contributed by atoms with Crippen molar-refractivity contribution in [3.63, 3.8) is 0 Å². The Bertz CT molecular complexity index is 7410. The molecule has 0 aliphatic rings. The second-order valence-corrected chi connectivity index (χ2v) is 36.0. The molecule has 18 aromatic rings. The summed E-state index contributed by atoms with van der Waals surface area (Å²) in [5.74, 6) is -4.43. The molecule has 25 heteroatoms. The molecule has 0 radical (unpaired) electrons. The lowest BCUT2D eigenvalue weighted by Crippen LogP contribution is -2.01. The minimum atomic E-state index is -0.600. The first-order chi connectivity index (χ1) is 67.8. The molecule has 0 spiro atoms. The molecule has 0 aliphatic carbocycles. The van der Waals surface area contributed by atoms with Gasteiger partial charge >= 0.3 is 0 Å². The highest BCUT2D eigenvalue weighted by atomic mass is 19.2. The lowest BCUT2D eigenvalue weighted by molar-refractivity contribution is 0.550. The molecule has 0 bridgehead atoms. The lowest BCUT2D eigenvalue weighted by Gasteiger charge is -2.09. The second kappa shape index (κ2) is 47.8. The molecular weight excluding hydrogens is 1820 g/mol. The summed E-state index contributed by atoms with van der Waals surface area (Å²) in [4.78, 5) is 4.20. The van der Waals surface area contributed by atoms with Gasteiger partial charge in [-0.25, -0.2) is 52.7 Å². The molecule has 0 fully saturated rings. The van der Waals surface area contributed by atoms with Crippen LogP contribution in [0.15, 0.2) is 261 Å². The van der Waals surface area contributed by atoms with Gasteiger partial charge in [0, 0.05) is 99.2 Å². The smallest absolute Gasteiger partial charge is 0.132 e. The van der Waals surface area contributed by atoms with Gasteiger partial charge in [-0.05, 0) is 358 Å². The van der Waals surface area contributed by atoms with Crippen molar-refractivity contribution in [1.82, 2.24) is 63.7 Å². The van der Waals surface area contributed by atoms with E-state index in [9.17, 15) is 52.7 Å². The van der Waals surface area contributed by atoms with Crippen molar-refractivity contribution >= 4 is 0 Å². The summed E-state index contributed by atoms with van der Waals surface area (Å²) in [6, 6.07) is 71.1. The fourth-order valence-corrected chi connectivity index (χ4v) is 17.3. The number of aromatic nitrogens is 13. The van der Waals surface area contributed by atoms with Gasteiger partial charge in [-0.15, -0.1) is 0 Å². The Morgan fingerprint density at radius 2 is 0.493 bits per heavy atom. The molecule has 0 amide bonds. The number of benzene rings is 11. The first-order valence-corrected chi connectivity index (χ1v) is 46.9. The Labute approximate surface area is 821 Å². The maximum Gasteiger partial charge on any atom is 0.132 e. The summed E-state index contributed by atoms with van der Waals surface area (Å²) < 4.78 is 179. The summed E-state index contributed by atoms with van der Waals surface area (Å²) in [7, 11) is 10.9. The van der Waals surface area contributed by atoms with Crippen molar-refractivity contribution < 1.29 is 52.7 Å². The van der Waals surface area contributed by atoms with E-state index >= 15 is 0 Å². The molecule has 13 nitrogen and oxygen atoms in total. The fourth-order valence-electron chi connectivity index (χ4n) is 17.3. The van der Waals surface area contributed by atoms with Gasteiger partial charge in [-0.2, -0.15) is 30.6 Å². The van der Waals surface area contributed by atoms with Crippen LogP contribution < -0.4 is 0 Å². The van der Waals surface area contributed by atoms with Gasteiger partial charge in [0.2, 0.25) is 0 Å². The van der Waals surface area contributed by atoms with Crippen LogP contribution in [0, 0.1) is 139 Å². The number of halogens is 12. The largest absolute Gasteiger partial charge is 0.268 e. The first-order valence-electron chi connectivity index (χ1n) is 46.9. The lowest BCUT2D eigenvalue weighted by atomic mass is 9.99. The summed E-state index contributed by atoms with van der Waals surface area (Å²) >= 11 is 0. The Balaban J connectivity index is 0.000000143. The van der Waals surface area contributed by atoms with E-state index in [0.717, 1.165) is 127 Å². The van der Waals surface area contributed by atoms with Gasteiger partial charge in [-0.3, -0.25) is 33.1 Å². The molecule has 7 heterocycles. The Morgan fingerprint density at radius 1 is 0.197 bits per heavy atom. The number of nitrogens with zero attached hydrogens (tertiary/aromatic N) is 13. The molecule has 732 valence electrons. The van der Waals surface area contributed by atoms with Crippen LogP contribution in [0.2, 0.25) is 0 Å². The highest BCUT2D eigenvalue weighted by Crippen LogP contribution is 2.33. The van der Waals surface area contributed by atoms with Crippen LogP contribution in [0.3, 0.4) is 0 Å². The molecule has 0 saturated heterocycles. The summed E-state index contributed by atoms with van der Waals surface area (Å²) in [6.07, 6.45) is 10.1. The highest BCUT2D eigenvalue weighted by Gasteiger charge is 2.21. The first kappa shape index (κ1) is 104. The predicted molar refractivity (Wildman–Crippen MR) is 540 cm³/mol. The number of pyridine rings is 1. The molecule has 0 atom stereocenters. The standard InChI is InChI=1S/C20H19F3N2.C20H20F2N2.C20H21FN2.C19H17F3N2.C19H18F2N2.C19H20FN3/c1-12-8-17(21)15(18(22)9-12)6-4-14-5-7-16(19(23)11-14)20-10-13(2)24-25(20)3;1-13-4-7-16(18(21)10-13)8-5-15-6-9-17(19(22)12-15)20-11-14(2)23-24(20)3;1-14-6-4-5-7-17(14)10-8-16-9-11-18(19(21)13-16)20-12-15(2)22-23(20)3;1-12-10-19(24(2)23-12)14-7-6-13(18(22)11-14)8-9-15-16(20)4-3-5-17(15)21;1-13-11-19(23(2)22-13)16-10-9-15(18(21)12-16)8-7-14-5-3-4-6-17(14)20;1-13-8-16(12-21-11-13)5-4-15-6-7-17(18(20)10-15)19-9-14(2)22-23(19)3/h5,7-11H,4,6H2,1-3H3;4,6-7,9-12H,5,8H2,1-3H3;4-7,9,11-13H,8,10H2,1-3H3;3-7,10-11H,8-9H2,1-2H3;3-6,9-12H,7-8H2,1-2H3;6-12H,4-5H2,1-3H3. The molecule has 142 heavy (non-hydrogen) atoms. The van der Waals surface area contributed by atoms with E-state index in [2.05, 4.69) is 66.8 Å². The van der Waals surface area contributed by atoms with Gasteiger partial charge in [0.15, 0.2) is 0 Å². The number of hydrogen-bond acceptors (Lipinski definition) is 7. The highest BCUT2D eigenvalue weighted by molar-refractivity contribution is 5.66. The van der Waals surface area contributed by atoms with Gasteiger partial charge in [0.1, 0.15) is 69.8 Å². The SMILES string of the molecule is Cc1cc(-c2ccc(CCc3c(F)cccc3F)c(F)c2)n(C)n1.Cc1cc(-c2ccc(CCc3ccccc3C)cc2F)n(C)n1.Cc1cc(-c2ccc(CCc3ccccc3F)c(F)c2)n(C)n1.Cc1cc(F)c(CCc2ccc(-c3cc(C)nn3C)c(F)c2)c(F)c1.Cc1ccc(CCc2ccc(-c3cc(C)nn3C)c(F)c2)c(F)c1.Cc1cncc(CCc2ccc(-c3cc(C)nn3C)c(F)c2)c1. The van der Waals surface area contributed by atoms with Crippen LogP contribution >= 0.6 is 0 Å². The van der Waals surface area contributed by atoms with Crippen molar-refractivity contribution in [2.45, 2.75) is 146 Å². The summed E-state index contributed by atoms with van der Waals surface area (Å²) in [6.45, 7) is 19.0. The number of aryl methyl sites for hydroxylation is 26. The third-order valence-electron chi connectivity index (χ3n) is 24.7. The van der Waals surface area contributed by atoms with Crippen molar-refractivity contribution in [3.05, 3.63) is 454 Å². The van der Waals surface area contributed by atoms with E-state index < -0.39 is 23.3 Å². The normalized spacial score (nSPS) is 11.0. The van der Waals surface area contributed by atoms with Crippen LogP contribution in [0.5, 0.6) is 0 Å². The second-order valence-electron chi connectivity index (χ2n) is 36.0. The van der Waals surface area contributed by atoms with E-state index in [1.807, 2.05) is 174 Å². The summed E-state index contributed by atoms with van der Waals surface area (Å²) in [5.41, 5.74) is 25.9. The van der Waals surface area contributed by atoms with E-state index in [4.69, 9.17) is 0 Å². The average Bonchev–Trinajstić information content (AvgIpc) is 1.72. The molecule has 0 saturated carbocycles. The van der Waals surface area contributed by atoms with Gasteiger partial charge in [-0.1, -0.05) is 115 Å². The topological polar surface area (TPSA) is 120 Å². The molecule has 0 N–H and O–H groups in total. The van der Waals surface area contributed by atoms with E-state index in [0.29, 0.717) is 93.4 Å². The molecule has 0 aliphatic heterocycles. The van der Waals surface area contributed by atoms with Crippen LogP contribution in [-0.4, -0.2) is 63.7 Å².